The molecular weight excluding hydrogens is 679 g/mol. The van der Waals surface area contributed by atoms with Crippen LogP contribution in [0.3, 0.4) is 0 Å². The van der Waals surface area contributed by atoms with E-state index >= 15 is 0 Å². The maximum absolute atomic E-state index is 6.24. The summed E-state index contributed by atoms with van der Waals surface area (Å²) in [6, 6.07) is 80.0. The van der Waals surface area contributed by atoms with Gasteiger partial charge in [0, 0.05) is 27.7 Å². The van der Waals surface area contributed by atoms with Crippen LogP contribution in [-0.2, 0) is 0 Å². The first-order valence-electron chi connectivity index (χ1n) is 19.1. The number of furan rings is 1. The summed E-state index contributed by atoms with van der Waals surface area (Å²) in [5.74, 6) is 0. The number of rotatable bonds is 8. The molecule has 2 nitrogen and oxygen atoms in total. The lowest BCUT2D eigenvalue weighted by Gasteiger charge is -2.28. The van der Waals surface area contributed by atoms with Crippen molar-refractivity contribution in [2.24, 2.45) is 0 Å². The minimum Gasteiger partial charge on any atom is -0.456 e. The Morgan fingerprint density at radius 3 is 1.45 bits per heavy atom. The van der Waals surface area contributed by atoms with Gasteiger partial charge in [0.05, 0.1) is 5.69 Å². The number of fused-ring (bicyclic) bond motifs is 3. The summed E-state index contributed by atoms with van der Waals surface area (Å²) in [5.41, 5.74) is 16.9. The highest BCUT2D eigenvalue weighted by molar-refractivity contribution is 6.12. The Balaban J connectivity index is 1.07. The van der Waals surface area contributed by atoms with E-state index in [4.69, 9.17) is 4.42 Å². The van der Waals surface area contributed by atoms with Crippen molar-refractivity contribution in [3.63, 3.8) is 0 Å². The largest absolute Gasteiger partial charge is 0.456 e. The zero-order chi connectivity index (χ0) is 37.3. The Labute approximate surface area is 327 Å². The first kappa shape index (κ1) is 33.2. The predicted octanol–water partition coefficient (Wildman–Crippen LogP) is 15.4. The molecule has 0 unspecified atom stereocenters. The molecule has 0 aliphatic heterocycles. The van der Waals surface area contributed by atoms with Crippen LogP contribution in [0.4, 0.5) is 17.1 Å². The number of hydrogen-bond acceptors (Lipinski definition) is 2. The highest BCUT2D eigenvalue weighted by Gasteiger charge is 2.19. The minimum atomic E-state index is 0.900. The van der Waals surface area contributed by atoms with E-state index in [1.807, 2.05) is 12.1 Å². The first-order chi connectivity index (χ1) is 27.8. The van der Waals surface area contributed by atoms with Crippen LogP contribution in [0.15, 0.2) is 229 Å². The molecule has 0 saturated carbocycles. The molecule has 56 heavy (non-hydrogen) atoms. The van der Waals surface area contributed by atoms with Crippen molar-refractivity contribution in [1.29, 1.82) is 0 Å². The molecule has 0 bridgehead atoms. The van der Waals surface area contributed by atoms with Gasteiger partial charge in [-0.1, -0.05) is 176 Å². The monoisotopic (exact) mass is 715 g/mol. The van der Waals surface area contributed by atoms with Crippen LogP contribution in [-0.4, -0.2) is 0 Å². The number of anilines is 3. The average Bonchev–Trinajstić information content (AvgIpc) is 3.67. The van der Waals surface area contributed by atoms with E-state index in [1.54, 1.807) is 0 Å². The van der Waals surface area contributed by atoms with Gasteiger partial charge in [-0.15, -0.1) is 0 Å². The van der Waals surface area contributed by atoms with Gasteiger partial charge in [0.25, 0.3) is 0 Å². The molecule has 9 aromatic carbocycles. The summed E-state index contributed by atoms with van der Waals surface area (Å²) >= 11 is 0. The Kier molecular flexibility index (Phi) is 8.55. The second kappa shape index (κ2) is 14.4. The van der Waals surface area contributed by atoms with Crippen LogP contribution < -0.4 is 4.90 Å². The van der Waals surface area contributed by atoms with Gasteiger partial charge in [0.15, 0.2) is 0 Å². The first-order valence-corrected chi connectivity index (χ1v) is 19.1. The van der Waals surface area contributed by atoms with Gasteiger partial charge in [-0.05, 0) is 98.6 Å². The normalized spacial score (nSPS) is 11.2. The van der Waals surface area contributed by atoms with Crippen LogP contribution in [0.2, 0.25) is 0 Å². The van der Waals surface area contributed by atoms with Gasteiger partial charge in [0.1, 0.15) is 11.2 Å². The third-order valence-electron chi connectivity index (χ3n) is 10.7. The zero-order valence-corrected chi connectivity index (χ0v) is 30.7. The third-order valence-corrected chi connectivity index (χ3v) is 10.7. The van der Waals surface area contributed by atoms with Crippen molar-refractivity contribution < 1.29 is 4.42 Å². The van der Waals surface area contributed by atoms with Gasteiger partial charge in [-0.2, -0.15) is 0 Å². The van der Waals surface area contributed by atoms with Crippen LogP contribution in [0.25, 0.3) is 77.6 Å². The highest BCUT2D eigenvalue weighted by Crippen LogP contribution is 2.43. The standard InChI is InChI=1S/C54H37NO/c1-4-15-39(16-5-1)46-36-31-43(37-50(46)41-19-8-3-9-20-41)38-27-32-44(33-28-38)55(51-24-12-10-21-47(51)40-17-6-2-7-18-40)45-34-29-42(30-35-45)48-23-14-26-53-54(48)49-22-11-13-25-52(49)56-53/h1-37H. The van der Waals surface area contributed by atoms with Gasteiger partial charge in [0.2, 0.25) is 0 Å². The van der Waals surface area contributed by atoms with Crippen molar-refractivity contribution >= 4 is 39.0 Å². The summed E-state index contributed by atoms with van der Waals surface area (Å²) in [4.78, 5) is 2.37. The maximum atomic E-state index is 6.24. The SMILES string of the molecule is c1ccc(-c2ccc(-c3ccc(N(c4ccc(-c5cccc6oc7ccccc7c56)cc4)c4ccccc4-c4ccccc4)cc3)cc2-c2ccccc2)cc1. The molecule has 0 amide bonds. The van der Waals surface area contributed by atoms with E-state index in [2.05, 4.69) is 217 Å². The van der Waals surface area contributed by atoms with Crippen LogP contribution >= 0.6 is 0 Å². The van der Waals surface area contributed by atoms with E-state index in [0.717, 1.165) is 55.7 Å². The van der Waals surface area contributed by atoms with Gasteiger partial charge in [-0.3, -0.25) is 0 Å². The van der Waals surface area contributed by atoms with Crippen molar-refractivity contribution in [1.82, 2.24) is 0 Å². The fraction of sp³-hybridized carbons (Fsp3) is 0. The number of nitrogens with zero attached hydrogens (tertiary/aromatic N) is 1. The lowest BCUT2D eigenvalue weighted by molar-refractivity contribution is 0.669. The molecule has 1 heterocycles. The summed E-state index contributed by atoms with van der Waals surface area (Å²) < 4.78 is 6.24. The fourth-order valence-corrected chi connectivity index (χ4v) is 8.02. The van der Waals surface area contributed by atoms with Crippen molar-refractivity contribution in [2.45, 2.75) is 0 Å². The molecule has 0 atom stereocenters. The molecule has 0 fully saturated rings. The topological polar surface area (TPSA) is 16.4 Å². The minimum absolute atomic E-state index is 0.900. The highest BCUT2D eigenvalue weighted by atomic mass is 16.3. The number of benzene rings is 9. The van der Waals surface area contributed by atoms with E-state index in [1.165, 1.54) is 38.9 Å². The average molecular weight is 716 g/mol. The summed E-state index contributed by atoms with van der Waals surface area (Å²) in [6.07, 6.45) is 0. The van der Waals surface area contributed by atoms with Crippen LogP contribution in [0, 0.1) is 0 Å². The Morgan fingerprint density at radius 1 is 0.286 bits per heavy atom. The van der Waals surface area contributed by atoms with E-state index < -0.39 is 0 Å². The van der Waals surface area contributed by atoms with Crippen molar-refractivity contribution in [3.8, 4) is 55.6 Å². The Morgan fingerprint density at radius 2 is 0.768 bits per heavy atom. The Bertz CT molecular complexity index is 2930. The lowest BCUT2D eigenvalue weighted by Crippen LogP contribution is -2.11. The molecule has 0 N–H and O–H groups in total. The number of para-hydroxylation sites is 2. The van der Waals surface area contributed by atoms with E-state index in [0.29, 0.717) is 0 Å². The zero-order valence-electron chi connectivity index (χ0n) is 30.7. The van der Waals surface area contributed by atoms with Crippen molar-refractivity contribution in [2.75, 3.05) is 4.90 Å². The molecule has 10 aromatic rings. The van der Waals surface area contributed by atoms with Gasteiger partial charge < -0.3 is 9.32 Å². The fourth-order valence-electron chi connectivity index (χ4n) is 8.02. The molecule has 264 valence electrons. The maximum Gasteiger partial charge on any atom is 0.136 e. The van der Waals surface area contributed by atoms with Crippen LogP contribution in [0.1, 0.15) is 0 Å². The molecule has 2 heteroatoms. The molecule has 10 rings (SSSR count). The second-order valence-electron chi connectivity index (χ2n) is 14.1. The quantitative estimate of drug-likeness (QED) is 0.156. The molecule has 0 aliphatic rings. The van der Waals surface area contributed by atoms with Gasteiger partial charge >= 0.3 is 0 Å². The molecular formula is C54H37NO. The summed E-state index contributed by atoms with van der Waals surface area (Å²) in [7, 11) is 0. The predicted molar refractivity (Wildman–Crippen MR) is 236 cm³/mol. The third kappa shape index (κ3) is 6.14. The van der Waals surface area contributed by atoms with Crippen LogP contribution in [0.5, 0.6) is 0 Å². The summed E-state index contributed by atoms with van der Waals surface area (Å²) in [5, 5.41) is 2.27. The smallest absolute Gasteiger partial charge is 0.136 e. The molecule has 0 aliphatic carbocycles. The number of hydrogen-bond donors (Lipinski definition) is 0. The molecule has 0 saturated heterocycles. The summed E-state index contributed by atoms with van der Waals surface area (Å²) in [6.45, 7) is 0. The second-order valence-corrected chi connectivity index (χ2v) is 14.1. The van der Waals surface area contributed by atoms with Crippen molar-refractivity contribution in [3.05, 3.63) is 224 Å². The molecule has 0 radical (unpaired) electrons. The van der Waals surface area contributed by atoms with Gasteiger partial charge in [-0.25, -0.2) is 0 Å². The van der Waals surface area contributed by atoms with E-state index in [9.17, 15) is 0 Å². The molecule has 1 aromatic heterocycles. The van der Waals surface area contributed by atoms with E-state index in [-0.39, 0.29) is 0 Å². The lowest BCUT2D eigenvalue weighted by atomic mass is 9.91. The Hall–Kier alpha value is -7.42. The molecule has 0 spiro atoms.